The molecule has 0 amide bonds. The summed E-state index contributed by atoms with van der Waals surface area (Å²) in [4.78, 5) is 0. The van der Waals surface area contributed by atoms with Crippen molar-refractivity contribution >= 4 is 15.9 Å². The molecule has 76 valence electrons. The maximum atomic E-state index is 5.67. The smallest absolute Gasteiger partial charge is 0.0236 e. The first-order valence-corrected chi connectivity index (χ1v) is 5.90. The Labute approximate surface area is 93.8 Å². The molecule has 2 heteroatoms. The molecule has 1 aromatic rings. The lowest BCUT2D eigenvalue weighted by molar-refractivity contribution is 0.806. The molecule has 1 aliphatic carbocycles. The largest absolute Gasteiger partial charge is 0.330 e. The van der Waals surface area contributed by atoms with Crippen LogP contribution in [0.2, 0.25) is 0 Å². The zero-order valence-corrected chi connectivity index (χ0v) is 10.3. The summed E-state index contributed by atoms with van der Waals surface area (Å²) in [5.74, 6) is 1.44. The molecular formula is C12H16BrN. The summed E-state index contributed by atoms with van der Waals surface area (Å²) >= 11 is 3.64. The van der Waals surface area contributed by atoms with Crippen LogP contribution in [0.3, 0.4) is 0 Å². The molecule has 0 aromatic heterocycles. The monoisotopic (exact) mass is 253 g/mol. The van der Waals surface area contributed by atoms with Crippen LogP contribution in [0.1, 0.15) is 29.0 Å². The summed E-state index contributed by atoms with van der Waals surface area (Å²) < 4.78 is 1.26. The second kappa shape index (κ2) is 3.67. The van der Waals surface area contributed by atoms with Crippen LogP contribution in [0.4, 0.5) is 0 Å². The molecule has 0 bridgehead atoms. The predicted octanol–water partition coefficient (Wildman–Crippen LogP) is 3.13. The number of nitrogens with two attached hydrogens (primary N) is 1. The van der Waals surface area contributed by atoms with E-state index in [1.165, 1.54) is 27.6 Å². The Bertz CT molecular complexity index is 360. The van der Waals surface area contributed by atoms with E-state index in [4.69, 9.17) is 5.73 Å². The Kier molecular flexibility index (Phi) is 2.67. The van der Waals surface area contributed by atoms with Crippen molar-refractivity contribution in [3.63, 3.8) is 0 Å². The van der Waals surface area contributed by atoms with Gasteiger partial charge in [0.2, 0.25) is 0 Å². The average Bonchev–Trinajstić information content (AvgIpc) is 2.94. The van der Waals surface area contributed by atoms with Gasteiger partial charge in [-0.15, -0.1) is 0 Å². The van der Waals surface area contributed by atoms with Crippen LogP contribution in [0, 0.1) is 19.8 Å². The Hall–Kier alpha value is -0.340. The first-order valence-electron chi connectivity index (χ1n) is 5.10. The van der Waals surface area contributed by atoms with Crippen LogP contribution in [-0.4, -0.2) is 6.54 Å². The number of hydrogen-bond acceptors (Lipinski definition) is 1. The van der Waals surface area contributed by atoms with Crippen molar-refractivity contribution in [1.82, 2.24) is 0 Å². The quantitative estimate of drug-likeness (QED) is 0.862. The first kappa shape index (κ1) is 10.2. The topological polar surface area (TPSA) is 26.0 Å². The molecule has 1 aliphatic rings. The number of aryl methyl sites for hydroxylation is 1. The van der Waals surface area contributed by atoms with Crippen molar-refractivity contribution in [3.8, 4) is 0 Å². The van der Waals surface area contributed by atoms with Gasteiger partial charge in [0.05, 0.1) is 0 Å². The van der Waals surface area contributed by atoms with Crippen LogP contribution in [-0.2, 0) is 0 Å². The van der Waals surface area contributed by atoms with E-state index in [9.17, 15) is 0 Å². The van der Waals surface area contributed by atoms with Gasteiger partial charge in [0.25, 0.3) is 0 Å². The fraction of sp³-hybridized carbons (Fsp3) is 0.500. The van der Waals surface area contributed by atoms with Gasteiger partial charge in [-0.05, 0) is 55.3 Å². The van der Waals surface area contributed by atoms with Crippen molar-refractivity contribution in [3.05, 3.63) is 33.3 Å². The minimum Gasteiger partial charge on any atom is -0.330 e. The molecule has 0 aliphatic heterocycles. The highest BCUT2D eigenvalue weighted by Crippen LogP contribution is 2.48. The summed E-state index contributed by atoms with van der Waals surface area (Å²) in [5, 5.41) is 0. The summed E-state index contributed by atoms with van der Waals surface area (Å²) in [6.07, 6.45) is 1.27. The fourth-order valence-corrected chi connectivity index (χ4v) is 2.49. The molecule has 2 atom stereocenters. The van der Waals surface area contributed by atoms with Gasteiger partial charge in [0, 0.05) is 4.47 Å². The molecule has 1 aromatic carbocycles. The Morgan fingerprint density at radius 1 is 1.43 bits per heavy atom. The van der Waals surface area contributed by atoms with Crippen molar-refractivity contribution in [2.75, 3.05) is 6.54 Å². The molecule has 0 unspecified atom stereocenters. The van der Waals surface area contributed by atoms with Gasteiger partial charge in [-0.3, -0.25) is 0 Å². The summed E-state index contributed by atoms with van der Waals surface area (Å²) in [7, 11) is 0. The predicted molar refractivity (Wildman–Crippen MR) is 63.5 cm³/mol. The Morgan fingerprint density at radius 3 is 2.71 bits per heavy atom. The molecule has 0 radical (unpaired) electrons. The van der Waals surface area contributed by atoms with Crippen LogP contribution >= 0.6 is 15.9 Å². The SMILES string of the molecule is Cc1ccc([C@@H]2C[C@H]2CN)c(C)c1Br. The highest BCUT2D eigenvalue weighted by atomic mass is 79.9. The van der Waals surface area contributed by atoms with E-state index in [1.807, 2.05) is 0 Å². The number of benzene rings is 1. The van der Waals surface area contributed by atoms with E-state index in [0.717, 1.165) is 18.4 Å². The van der Waals surface area contributed by atoms with Crippen molar-refractivity contribution < 1.29 is 0 Å². The molecule has 1 fully saturated rings. The first-order chi connectivity index (χ1) is 6.65. The maximum absolute atomic E-state index is 5.67. The molecule has 0 spiro atoms. The van der Waals surface area contributed by atoms with Gasteiger partial charge in [-0.1, -0.05) is 28.1 Å². The molecule has 2 rings (SSSR count). The van der Waals surface area contributed by atoms with Gasteiger partial charge in [-0.2, -0.15) is 0 Å². The zero-order chi connectivity index (χ0) is 10.3. The van der Waals surface area contributed by atoms with Crippen LogP contribution in [0.15, 0.2) is 16.6 Å². The van der Waals surface area contributed by atoms with E-state index >= 15 is 0 Å². The summed E-state index contributed by atoms with van der Waals surface area (Å²) in [6.45, 7) is 5.15. The van der Waals surface area contributed by atoms with Gasteiger partial charge in [0.1, 0.15) is 0 Å². The van der Waals surface area contributed by atoms with Gasteiger partial charge in [-0.25, -0.2) is 0 Å². The van der Waals surface area contributed by atoms with E-state index in [0.29, 0.717) is 0 Å². The molecule has 2 N–H and O–H groups in total. The number of hydrogen-bond donors (Lipinski definition) is 1. The van der Waals surface area contributed by atoms with E-state index in [2.05, 4.69) is 41.9 Å². The van der Waals surface area contributed by atoms with E-state index in [-0.39, 0.29) is 0 Å². The van der Waals surface area contributed by atoms with Gasteiger partial charge in [0.15, 0.2) is 0 Å². The van der Waals surface area contributed by atoms with Crippen molar-refractivity contribution in [1.29, 1.82) is 0 Å². The second-order valence-corrected chi connectivity index (χ2v) is 5.04. The lowest BCUT2D eigenvalue weighted by Crippen LogP contribution is -2.02. The van der Waals surface area contributed by atoms with E-state index < -0.39 is 0 Å². The van der Waals surface area contributed by atoms with E-state index in [1.54, 1.807) is 0 Å². The Morgan fingerprint density at radius 2 is 2.14 bits per heavy atom. The molecule has 1 saturated carbocycles. The molecule has 14 heavy (non-hydrogen) atoms. The summed E-state index contributed by atoms with van der Waals surface area (Å²) in [5.41, 5.74) is 9.86. The van der Waals surface area contributed by atoms with Gasteiger partial charge >= 0.3 is 0 Å². The molecular weight excluding hydrogens is 238 g/mol. The standard InChI is InChI=1S/C12H16BrN/c1-7-3-4-10(8(2)12(7)13)11-5-9(11)6-14/h3-4,9,11H,5-6,14H2,1-2H3/t9-,11+/m0/s1. The van der Waals surface area contributed by atoms with Gasteiger partial charge < -0.3 is 5.73 Å². The normalized spacial score (nSPS) is 25.1. The highest BCUT2D eigenvalue weighted by molar-refractivity contribution is 9.10. The molecule has 1 nitrogen and oxygen atoms in total. The molecule has 0 heterocycles. The van der Waals surface area contributed by atoms with Crippen LogP contribution in [0.5, 0.6) is 0 Å². The second-order valence-electron chi connectivity index (χ2n) is 4.25. The highest BCUT2D eigenvalue weighted by Gasteiger charge is 2.37. The third kappa shape index (κ3) is 1.61. The lowest BCUT2D eigenvalue weighted by atomic mass is 10.0. The lowest BCUT2D eigenvalue weighted by Gasteiger charge is -2.09. The average molecular weight is 254 g/mol. The van der Waals surface area contributed by atoms with Crippen molar-refractivity contribution in [2.45, 2.75) is 26.2 Å². The fourth-order valence-electron chi connectivity index (χ4n) is 2.13. The summed E-state index contributed by atoms with van der Waals surface area (Å²) in [6, 6.07) is 4.45. The van der Waals surface area contributed by atoms with Crippen molar-refractivity contribution in [2.24, 2.45) is 11.7 Å². The minimum absolute atomic E-state index is 0.719. The number of halogens is 1. The third-order valence-corrected chi connectivity index (χ3v) is 4.47. The Balaban J connectivity index is 2.32. The third-order valence-electron chi connectivity index (χ3n) is 3.25. The minimum atomic E-state index is 0.719. The maximum Gasteiger partial charge on any atom is 0.0236 e. The molecule has 0 saturated heterocycles. The van der Waals surface area contributed by atoms with Crippen LogP contribution in [0.25, 0.3) is 0 Å². The van der Waals surface area contributed by atoms with Crippen LogP contribution < -0.4 is 5.73 Å². The zero-order valence-electron chi connectivity index (χ0n) is 8.68. The number of rotatable bonds is 2.